The maximum atomic E-state index is 9.00. The molecule has 0 aromatic heterocycles. The fourth-order valence-electron chi connectivity index (χ4n) is 0. The third kappa shape index (κ3) is 90.2. The van der Waals surface area contributed by atoms with Crippen molar-refractivity contribution in [2.24, 2.45) is 0 Å². The summed E-state index contributed by atoms with van der Waals surface area (Å²) in [6, 6.07) is 0. The van der Waals surface area contributed by atoms with E-state index >= 15 is 0 Å². The monoisotopic (exact) mass is 202 g/mol. The van der Waals surface area contributed by atoms with Gasteiger partial charge in [0.15, 0.2) is 0 Å². The molecule has 2 nitrogen and oxygen atoms in total. The molecule has 0 radical (unpaired) electrons. The number of hydrogen-bond donors (Lipinski definition) is 1. The zero-order valence-electron chi connectivity index (χ0n) is 3.47. The average Bonchev–Trinajstić information content (AvgIpc) is 0.811. The van der Waals surface area contributed by atoms with Crippen LogP contribution >= 0.6 is 12.4 Å². The van der Waals surface area contributed by atoms with Crippen LogP contribution in [-0.2, 0) is 24.3 Å². The van der Waals surface area contributed by atoms with Gasteiger partial charge in [0.1, 0.15) is 0 Å². The number of hydrogen-bond acceptors (Lipinski definition) is 1. The SMILES string of the molecule is CC(=O)O.Cl.[CaH2].[Zn]. The molecule has 0 rings (SSSR count). The summed E-state index contributed by atoms with van der Waals surface area (Å²) in [6.07, 6.45) is 0. The molecule has 0 aliphatic heterocycles. The molecule has 0 fully saturated rings. The molecule has 0 amide bonds. The number of halogens is 1. The standard InChI is InChI=1S/C2H4O2.Ca.ClH.Zn.2H/c1-2(3)4;;;;;/h1H3,(H,3,4);;1H;;;. The van der Waals surface area contributed by atoms with Crippen LogP contribution in [-0.4, -0.2) is 48.8 Å². The molecule has 5 heteroatoms. The van der Waals surface area contributed by atoms with E-state index in [1.54, 1.807) is 0 Å². The van der Waals surface area contributed by atoms with Crippen LogP contribution in [0.25, 0.3) is 0 Å². The molecule has 0 atom stereocenters. The van der Waals surface area contributed by atoms with Crippen molar-refractivity contribution in [3.05, 3.63) is 0 Å². The van der Waals surface area contributed by atoms with Crippen LogP contribution in [0.15, 0.2) is 0 Å². The van der Waals surface area contributed by atoms with E-state index in [2.05, 4.69) is 0 Å². The van der Waals surface area contributed by atoms with Crippen LogP contribution in [0.1, 0.15) is 6.92 Å². The van der Waals surface area contributed by atoms with Crippen LogP contribution in [0.4, 0.5) is 0 Å². The first-order valence-corrected chi connectivity index (χ1v) is 0.928. The smallest absolute Gasteiger partial charge is 0 e. The average molecular weight is 204 g/mol. The normalized spacial score (nSPS) is 3.57. The second-order valence-corrected chi connectivity index (χ2v) is 0.519. The van der Waals surface area contributed by atoms with Crippen LogP contribution in [0, 0.1) is 0 Å². The summed E-state index contributed by atoms with van der Waals surface area (Å²) in [6.45, 7) is 1.08. The van der Waals surface area contributed by atoms with Crippen molar-refractivity contribution in [2.45, 2.75) is 6.92 Å². The Labute approximate surface area is 91.2 Å². The van der Waals surface area contributed by atoms with Gasteiger partial charge in [-0.25, -0.2) is 0 Å². The van der Waals surface area contributed by atoms with Gasteiger partial charge in [-0.2, -0.15) is 0 Å². The first-order valence-electron chi connectivity index (χ1n) is 0.928. The largest absolute Gasteiger partial charge is 0 e. The Hall–Kier alpha value is 1.64. The molecule has 0 aromatic carbocycles. The van der Waals surface area contributed by atoms with Gasteiger partial charge in [0.05, 0.1) is 0 Å². The number of carboxylic acids is 1. The van der Waals surface area contributed by atoms with Crippen LogP contribution in [0.5, 0.6) is 0 Å². The second kappa shape index (κ2) is 15.6. The molecule has 0 aliphatic carbocycles. The van der Waals surface area contributed by atoms with E-state index in [1.807, 2.05) is 0 Å². The van der Waals surface area contributed by atoms with Gasteiger partial charge in [-0.3, -0.25) is 4.79 Å². The minimum Gasteiger partial charge on any atom is 0 e. The molecule has 0 unspecified atom stereocenters. The van der Waals surface area contributed by atoms with Crippen LogP contribution in [0.3, 0.4) is 0 Å². The van der Waals surface area contributed by atoms with Crippen LogP contribution in [0.2, 0.25) is 0 Å². The van der Waals surface area contributed by atoms with Crippen molar-refractivity contribution in [1.82, 2.24) is 0 Å². The summed E-state index contributed by atoms with van der Waals surface area (Å²) >= 11 is 0. The quantitative estimate of drug-likeness (QED) is 0.545. The summed E-state index contributed by atoms with van der Waals surface area (Å²) in [4.78, 5) is 9.00. The number of carboxylic acid groups (broad SMARTS) is 1. The molecule has 0 saturated heterocycles. The Morgan fingerprint density at radius 3 is 1.57 bits per heavy atom. The molecule has 38 valence electrons. The molecule has 0 heterocycles. The Bertz CT molecular complexity index is 38.7. The summed E-state index contributed by atoms with van der Waals surface area (Å²) < 4.78 is 0. The predicted octanol–water partition coefficient (Wildman–Crippen LogP) is -0.406. The van der Waals surface area contributed by atoms with Gasteiger partial charge in [0.2, 0.25) is 0 Å². The molecule has 0 saturated carbocycles. The first kappa shape index (κ1) is 23.4. The number of aliphatic carboxylic acids is 1. The minimum atomic E-state index is -0.833. The third-order valence-electron chi connectivity index (χ3n) is 0. The topological polar surface area (TPSA) is 37.3 Å². The van der Waals surface area contributed by atoms with E-state index in [0.717, 1.165) is 6.92 Å². The Balaban J connectivity index is -0.0000000150. The van der Waals surface area contributed by atoms with Crippen LogP contribution < -0.4 is 0 Å². The summed E-state index contributed by atoms with van der Waals surface area (Å²) in [5.41, 5.74) is 0. The Morgan fingerprint density at radius 1 is 1.57 bits per heavy atom. The molecule has 0 aromatic rings. The molecule has 0 aliphatic rings. The first-order chi connectivity index (χ1) is 1.73. The van der Waals surface area contributed by atoms with E-state index < -0.39 is 5.97 Å². The minimum absolute atomic E-state index is 0. The summed E-state index contributed by atoms with van der Waals surface area (Å²) in [7, 11) is 0. The van der Waals surface area contributed by atoms with E-state index in [9.17, 15) is 0 Å². The predicted molar refractivity (Wildman–Crippen MR) is 29.1 cm³/mol. The maximum absolute atomic E-state index is 9.00. The van der Waals surface area contributed by atoms with Gasteiger partial charge in [0.25, 0.3) is 5.97 Å². The molecular weight excluding hydrogens is 197 g/mol. The zero-order chi connectivity index (χ0) is 3.58. The number of carbonyl (C=O) groups is 1. The second-order valence-electron chi connectivity index (χ2n) is 0.519. The van der Waals surface area contributed by atoms with Gasteiger partial charge in [0, 0.05) is 26.4 Å². The molecule has 7 heavy (non-hydrogen) atoms. The molecule has 0 bridgehead atoms. The molecule has 0 spiro atoms. The van der Waals surface area contributed by atoms with Crippen molar-refractivity contribution in [1.29, 1.82) is 0 Å². The van der Waals surface area contributed by atoms with Crippen molar-refractivity contribution in [2.75, 3.05) is 0 Å². The molecular formula is C2H7CaClO2Zn. The van der Waals surface area contributed by atoms with Gasteiger partial charge < -0.3 is 5.11 Å². The van der Waals surface area contributed by atoms with Crippen molar-refractivity contribution in [3.8, 4) is 0 Å². The van der Waals surface area contributed by atoms with E-state index in [4.69, 9.17) is 9.90 Å². The van der Waals surface area contributed by atoms with E-state index in [0.29, 0.717) is 0 Å². The van der Waals surface area contributed by atoms with E-state index in [-0.39, 0.29) is 69.6 Å². The summed E-state index contributed by atoms with van der Waals surface area (Å²) in [5.74, 6) is -0.833. The van der Waals surface area contributed by atoms with Gasteiger partial charge in [-0.1, -0.05) is 0 Å². The zero-order valence-corrected chi connectivity index (χ0v) is 7.25. The van der Waals surface area contributed by atoms with Gasteiger partial charge in [-0.05, 0) is 0 Å². The van der Waals surface area contributed by atoms with Gasteiger partial charge in [-0.15, -0.1) is 12.4 Å². The molecule has 1 N–H and O–H groups in total. The van der Waals surface area contributed by atoms with Crippen molar-refractivity contribution >= 4 is 56.1 Å². The fourth-order valence-corrected chi connectivity index (χ4v) is 0. The third-order valence-corrected chi connectivity index (χ3v) is 0. The fraction of sp³-hybridized carbons (Fsp3) is 0.500. The van der Waals surface area contributed by atoms with Crippen molar-refractivity contribution < 1.29 is 29.4 Å². The number of rotatable bonds is 0. The summed E-state index contributed by atoms with van der Waals surface area (Å²) in [5, 5.41) is 7.42. The van der Waals surface area contributed by atoms with E-state index in [1.165, 1.54) is 0 Å². The van der Waals surface area contributed by atoms with Gasteiger partial charge >= 0.3 is 37.7 Å². The Kier molecular flexibility index (Phi) is 52.3. The maximum Gasteiger partial charge on any atom is 0 e. The Morgan fingerprint density at radius 2 is 1.57 bits per heavy atom. The van der Waals surface area contributed by atoms with Crippen molar-refractivity contribution in [3.63, 3.8) is 0 Å².